The molecule has 3 rings (SSSR count). The highest BCUT2D eigenvalue weighted by molar-refractivity contribution is 14.0. The molecule has 2 aromatic carbocycles. The number of hydrogen-bond acceptors (Lipinski definition) is 3. The van der Waals surface area contributed by atoms with Crippen LogP contribution in [-0.4, -0.2) is 31.7 Å². The monoisotopic (exact) mass is 480 g/mol. The average Bonchev–Trinajstić information content (AvgIpc) is 3.03. The predicted octanol–water partition coefficient (Wildman–Crippen LogP) is 4.08. The molecule has 0 saturated heterocycles. The number of benzene rings is 2. The second-order valence-corrected chi connectivity index (χ2v) is 6.07. The van der Waals surface area contributed by atoms with Crippen molar-refractivity contribution in [2.45, 2.75) is 13.3 Å². The van der Waals surface area contributed by atoms with E-state index in [1.165, 1.54) is 16.5 Å². The van der Waals surface area contributed by atoms with E-state index in [9.17, 15) is 0 Å². The van der Waals surface area contributed by atoms with Crippen LogP contribution in [0.2, 0.25) is 0 Å². The number of aliphatic imine (C=N–C) groups is 1. The van der Waals surface area contributed by atoms with Gasteiger partial charge in [-0.1, -0.05) is 12.1 Å². The summed E-state index contributed by atoms with van der Waals surface area (Å²) in [6.07, 6.45) is 2.86. The van der Waals surface area contributed by atoms with Gasteiger partial charge in [0.25, 0.3) is 0 Å². The van der Waals surface area contributed by atoms with E-state index in [2.05, 4.69) is 40.4 Å². The molecule has 0 unspecified atom stereocenters. The molecule has 4 N–H and O–H groups in total. The molecule has 0 aliphatic rings. The summed E-state index contributed by atoms with van der Waals surface area (Å²) in [5.74, 6) is 1.68. The molecule has 0 aliphatic heterocycles. The minimum absolute atomic E-state index is 0. The van der Waals surface area contributed by atoms with Crippen molar-refractivity contribution in [3.8, 4) is 11.5 Å². The minimum Gasteiger partial charge on any atom is -0.493 e. The van der Waals surface area contributed by atoms with Crippen LogP contribution in [0.4, 0.5) is 5.69 Å². The summed E-state index contributed by atoms with van der Waals surface area (Å²) >= 11 is 0. The Morgan fingerprint density at radius 3 is 2.63 bits per heavy atom. The van der Waals surface area contributed by atoms with E-state index in [0.29, 0.717) is 24.0 Å². The van der Waals surface area contributed by atoms with Gasteiger partial charge in [-0.2, -0.15) is 0 Å². The number of aromatic nitrogens is 1. The van der Waals surface area contributed by atoms with E-state index < -0.39 is 0 Å². The molecule has 0 aliphatic carbocycles. The normalized spacial score (nSPS) is 11.1. The highest BCUT2D eigenvalue weighted by Gasteiger charge is 2.06. The Morgan fingerprint density at radius 2 is 1.89 bits per heavy atom. The van der Waals surface area contributed by atoms with Gasteiger partial charge in [0.1, 0.15) is 0 Å². The molecule has 0 saturated carbocycles. The summed E-state index contributed by atoms with van der Waals surface area (Å²) in [6, 6.07) is 11.9. The number of nitrogens with zero attached hydrogens (tertiary/aromatic N) is 1. The quantitative estimate of drug-likeness (QED) is 0.282. The largest absolute Gasteiger partial charge is 0.493 e. The van der Waals surface area contributed by atoms with Crippen LogP contribution in [0.25, 0.3) is 10.9 Å². The van der Waals surface area contributed by atoms with E-state index >= 15 is 0 Å². The third-order valence-electron chi connectivity index (χ3n) is 4.24. The lowest BCUT2D eigenvalue weighted by Gasteiger charge is -2.10. The maximum atomic E-state index is 6.00. The zero-order valence-electron chi connectivity index (χ0n) is 15.7. The van der Waals surface area contributed by atoms with Crippen molar-refractivity contribution < 1.29 is 9.47 Å². The number of H-pyrrole nitrogens is 1. The topological polar surface area (TPSA) is 84.7 Å². The maximum absolute atomic E-state index is 6.00. The molecule has 0 amide bonds. The van der Waals surface area contributed by atoms with Crippen LogP contribution in [0.3, 0.4) is 0 Å². The number of aryl methyl sites for hydroxylation is 1. The lowest BCUT2D eigenvalue weighted by atomic mass is 10.1. The van der Waals surface area contributed by atoms with Crippen molar-refractivity contribution in [2.75, 3.05) is 26.1 Å². The lowest BCUT2D eigenvalue weighted by Crippen LogP contribution is -2.23. The first-order valence-corrected chi connectivity index (χ1v) is 8.46. The van der Waals surface area contributed by atoms with Gasteiger partial charge >= 0.3 is 0 Å². The first-order chi connectivity index (χ1) is 12.6. The number of halogens is 1. The van der Waals surface area contributed by atoms with Crippen LogP contribution in [0.15, 0.2) is 47.6 Å². The third-order valence-corrected chi connectivity index (χ3v) is 4.24. The highest BCUT2D eigenvalue weighted by Crippen LogP contribution is 2.29. The molecule has 1 heterocycles. The number of rotatable bonds is 6. The van der Waals surface area contributed by atoms with Crippen LogP contribution < -0.4 is 20.5 Å². The van der Waals surface area contributed by atoms with E-state index in [4.69, 9.17) is 15.2 Å². The van der Waals surface area contributed by atoms with Crippen molar-refractivity contribution in [1.82, 2.24) is 4.98 Å². The van der Waals surface area contributed by atoms with Gasteiger partial charge in [-0.05, 0) is 42.7 Å². The first-order valence-electron chi connectivity index (χ1n) is 8.46. The third kappa shape index (κ3) is 5.06. The van der Waals surface area contributed by atoms with Gasteiger partial charge in [0.2, 0.25) is 0 Å². The molecular formula is C20H25IN4O2. The number of nitrogens with two attached hydrogens (primary N) is 1. The number of aromatic amines is 1. The number of nitrogens with one attached hydrogen (secondary N) is 2. The average molecular weight is 480 g/mol. The Hall–Kier alpha value is -2.42. The smallest absolute Gasteiger partial charge is 0.193 e. The van der Waals surface area contributed by atoms with Crippen LogP contribution in [0, 0.1) is 6.92 Å². The van der Waals surface area contributed by atoms with Gasteiger partial charge in [-0.3, -0.25) is 4.99 Å². The van der Waals surface area contributed by atoms with Crippen molar-refractivity contribution in [1.29, 1.82) is 0 Å². The van der Waals surface area contributed by atoms with Crippen molar-refractivity contribution in [3.63, 3.8) is 0 Å². The molecule has 3 aromatic rings. The van der Waals surface area contributed by atoms with Gasteiger partial charge in [0, 0.05) is 35.4 Å². The molecule has 7 heteroatoms. The van der Waals surface area contributed by atoms with Gasteiger partial charge in [-0.15, -0.1) is 24.0 Å². The Labute approximate surface area is 176 Å². The second-order valence-electron chi connectivity index (χ2n) is 6.07. The molecule has 27 heavy (non-hydrogen) atoms. The zero-order chi connectivity index (χ0) is 18.5. The van der Waals surface area contributed by atoms with Crippen molar-refractivity contribution in [3.05, 3.63) is 53.7 Å². The van der Waals surface area contributed by atoms with Crippen LogP contribution in [0.5, 0.6) is 11.5 Å². The number of anilines is 1. The number of methoxy groups -OCH3 is 2. The van der Waals surface area contributed by atoms with Crippen molar-refractivity contribution in [2.24, 2.45) is 10.7 Å². The van der Waals surface area contributed by atoms with E-state index in [1.54, 1.807) is 14.2 Å². The number of fused-ring (bicyclic) bond motifs is 1. The molecule has 144 valence electrons. The Kier molecular flexibility index (Phi) is 7.35. The summed E-state index contributed by atoms with van der Waals surface area (Å²) < 4.78 is 10.5. The summed E-state index contributed by atoms with van der Waals surface area (Å²) in [5.41, 5.74) is 10.4. The second kappa shape index (κ2) is 9.50. The summed E-state index contributed by atoms with van der Waals surface area (Å²) in [5, 5.41) is 4.31. The summed E-state index contributed by atoms with van der Waals surface area (Å²) in [6.45, 7) is 2.69. The number of guanidine groups is 1. The Balaban J connectivity index is 0.00000261. The zero-order valence-corrected chi connectivity index (χ0v) is 18.0. The minimum atomic E-state index is 0. The standard InChI is InChI=1S/C20H24N4O2.HI/c1-13-4-6-16-14(12-23-17(16)10-13)8-9-22-20(21)24-15-5-7-18(25-2)19(11-15)26-3;/h4-7,10-12,23H,8-9H2,1-3H3,(H3,21,22,24);1H. The van der Waals surface area contributed by atoms with Crippen molar-refractivity contribution >= 4 is 46.5 Å². The van der Waals surface area contributed by atoms with Crippen LogP contribution in [-0.2, 0) is 6.42 Å². The molecule has 0 radical (unpaired) electrons. The molecule has 0 fully saturated rings. The van der Waals surface area contributed by atoms with Gasteiger partial charge < -0.3 is 25.5 Å². The molecule has 0 spiro atoms. The molecule has 6 nitrogen and oxygen atoms in total. The molecular weight excluding hydrogens is 455 g/mol. The van der Waals surface area contributed by atoms with E-state index in [1.807, 2.05) is 24.4 Å². The summed E-state index contributed by atoms with van der Waals surface area (Å²) in [4.78, 5) is 7.72. The lowest BCUT2D eigenvalue weighted by molar-refractivity contribution is 0.355. The van der Waals surface area contributed by atoms with Crippen LogP contribution in [0.1, 0.15) is 11.1 Å². The SMILES string of the molecule is COc1ccc(NC(N)=NCCc2c[nH]c3cc(C)ccc23)cc1OC.I. The summed E-state index contributed by atoms with van der Waals surface area (Å²) in [7, 11) is 3.20. The fraction of sp³-hybridized carbons (Fsp3) is 0.250. The number of ether oxygens (including phenoxy) is 2. The first kappa shape index (κ1) is 20.9. The molecule has 0 atom stereocenters. The predicted molar refractivity (Wildman–Crippen MR) is 122 cm³/mol. The van der Waals surface area contributed by atoms with Gasteiger partial charge in [0.05, 0.1) is 14.2 Å². The van der Waals surface area contributed by atoms with Crippen LogP contribution >= 0.6 is 24.0 Å². The highest BCUT2D eigenvalue weighted by atomic mass is 127. The Morgan fingerprint density at radius 1 is 1.11 bits per heavy atom. The van der Waals surface area contributed by atoms with E-state index in [-0.39, 0.29) is 24.0 Å². The molecule has 0 bridgehead atoms. The number of hydrogen-bond donors (Lipinski definition) is 3. The Bertz CT molecular complexity index is 937. The van der Waals surface area contributed by atoms with Gasteiger partial charge in [-0.25, -0.2) is 0 Å². The van der Waals surface area contributed by atoms with E-state index in [0.717, 1.165) is 17.6 Å². The fourth-order valence-corrected chi connectivity index (χ4v) is 2.91. The maximum Gasteiger partial charge on any atom is 0.193 e. The van der Waals surface area contributed by atoms with Gasteiger partial charge in [0.15, 0.2) is 17.5 Å². The molecule has 1 aromatic heterocycles. The fourth-order valence-electron chi connectivity index (χ4n) is 2.91.